The lowest BCUT2D eigenvalue weighted by molar-refractivity contribution is -0.134. The van der Waals surface area contributed by atoms with E-state index in [-0.39, 0.29) is 31.2 Å². The summed E-state index contributed by atoms with van der Waals surface area (Å²) in [7, 11) is -3.66. The number of likely N-dealkylation sites (tertiary alicyclic amines) is 1. The van der Waals surface area contributed by atoms with Crippen molar-refractivity contribution in [1.82, 2.24) is 9.62 Å². The van der Waals surface area contributed by atoms with Gasteiger partial charge in [-0.25, -0.2) is 8.42 Å². The Bertz CT molecular complexity index is 1420. The maximum absolute atomic E-state index is 13.9. The summed E-state index contributed by atoms with van der Waals surface area (Å²) in [5.41, 5.74) is 0.0913. The van der Waals surface area contributed by atoms with Crippen molar-refractivity contribution in [2.45, 2.75) is 31.7 Å². The minimum absolute atomic E-state index is 0.0787. The van der Waals surface area contributed by atoms with E-state index >= 15 is 0 Å². The van der Waals surface area contributed by atoms with Crippen molar-refractivity contribution in [3.63, 3.8) is 0 Å². The molecule has 1 saturated heterocycles. The van der Waals surface area contributed by atoms with E-state index in [1.165, 1.54) is 16.2 Å². The molecule has 36 heavy (non-hydrogen) atoms. The van der Waals surface area contributed by atoms with Crippen LogP contribution in [0.1, 0.15) is 36.5 Å². The Morgan fingerprint density at radius 3 is 2.47 bits per heavy atom. The molecule has 8 nitrogen and oxygen atoms in total. The van der Waals surface area contributed by atoms with Crippen LogP contribution in [0.2, 0.25) is 5.02 Å². The van der Waals surface area contributed by atoms with E-state index in [0.29, 0.717) is 29.2 Å². The third-order valence-electron chi connectivity index (χ3n) is 6.30. The quantitative estimate of drug-likeness (QED) is 0.458. The highest BCUT2D eigenvalue weighted by molar-refractivity contribution is 7.89. The van der Waals surface area contributed by atoms with Crippen LogP contribution in [-0.2, 0) is 19.6 Å². The van der Waals surface area contributed by atoms with Crippen molar-refractivity contribution >= 4 is 66.5 Å². The molecule has 2 aromatic carbocycles. The van der Waals surface area contributed by atoms with Crippen LogP contribution >= 0.6 is 22.9 Å². The van der Waals surface area contributed by atoms with Crippen molar-refractivity contribution in [3.05, 3.63) is 64.5 Å². The van der Waals surface area contributed by atoms with Crippen LogP contribution in [0.4, 0.5) is 5.69 Å². The average Bonchev–Trinajstić information content (AvgIpc) is 3.24. The highest BCUT2D eigenvalue weighted by atomic mass is 35.5. The lowest BCUT2D eigenvalue weighted by Crippen LogP contribution is -2.68. The van der Waals surface area contributed by atoms with E-state index in [1.54, 1.807) is 36.1 Å². The van der Waals surface area contributed by atoms with Crippen LogP contribution < -0.4 is 9.62 Å². The average molecular weight is 548 g/mol. The molecule has 0 bridgehead atoms. The maximum Gasteiger partial charge on any atom is 0.256 e. The van der Waals surface area contributed by atoms with Crippen LogP contribution in [0, 0.1) is 0 Å². The first-order chi connectivity index (χ1) is 17.0. The van der Waals surface area contributed by atoms with Crippen LogP contribution in [0.15, 0.2) is 53.9 Å². The second-order valence-corrected chi connectivity index (χ2v) is 12.1. The van der Waals surface area contributed by atoms with Gasteiger partial charge in [-0.2, -0.15) is 0 Å². The van der Waals surface area contributed by atoms with Gasteiger partial charge in [0.1, 0.15) is 5.54 Å². The lowest BCUT2D eigenvalue weighted by Gasteiger charge is -2.50. The van der Waals surface area contributed by atoms with Crippen LogP contribution in [0.5, 0.6) is 0 Å². The molecule has 1 unspecified atom stereocenters. The number of sulfonamides is 1. The lowest BCUT2D eigenvalue weighted by atomic mass is 9.84. The molecule has 1 aliphatic heterocycles. The smallest absolute Gasteiger partial charge is 0.256 e. The number of hydrogen-bond acceptors (Lipinski definition) is 6. The van der Waals surface area contributed by atoms with Gasteiger partial charge in [-0.05, 0) is 50.1 Å². The highest BCUT2D eigenvalue weighted by Crippen LogP contribution is 2.37. The monoisotopic (exact) mass is 547 g/mol. The summed E-state index contributed by atoms with van der Waals surface area (Å²) in [6.07, 6.45) is 1.56. The first-order valence-electron chi connectivity index (χ1n) is 11.4. The number of carbonyl (C=O) groups excluding carboxylic acids is 3. The number of hydrogen-bond donors (Lipinski definition) is 1. The van der Waals surface area contributed by atoms with E-state index in [1.807, 2.05) is 34.4 Å². The molecular formula is C25H26ClN3O5S2. The number of benzene rings is 2. The molecule has 3 aromatic rings. The van der Waals surface area contributed by atoms with E-state index in [4.69, 9.17) is 11.6 Å². The third-order valence-corrected chi connectivity index (χ3v) is 8.12. The Labute approximate surface area is 218 Å². The summed E-state index contributed by atoms with van der Waals surface area (Å²) < 4.78 is 25.6. The molecule has 0 spiro atoms. The third kappa shape index (κ3) is 5.40. The molecule has 0 radical (unpaired) electrons. The van der Waals surface area contributed by atoms with Gasteiger partial charge in [0.25, 0.3) is 11.8 Å². The molecule has 1 aromatic heterocycles. The molecule has 1 atom stereocenters. The van der Waals surface area contributed by atoms with Gasteiger partial charge in [0, 0.05) is 45.7 Å². The zero-order chi connectivity index (χ0) is 26.1. The maximum atomic E-state index is 13.9. The summed E-state index contributed by atoms with van der Waals surface area (Å²) in [6.45, 7) is 2.37. The van der Waals surface area contributed by atoms with Crippen molar-refractivity contribution in [1.29, 1.82) is 0 Å². The zero-order valence-electron chi connectivity index (χ0n) is 19.9. The summed E-state index contributed by atoms with van der Waals surface area (Å²) in [6, 6.07) is 14.4. The Morgan fingerprint density at radius 1 is 1.14 bits per heavy atom. The largest absolute Gasteiger partial charge is 0.324 e. The molecular weight excluding hydrogens is 522 g/mol. The molecule has 4 rings (SSSR count). The van der Waals surface area contributed by atoms with Crippen molar-refractivity contribution in [2.24, 2.45) is 0 Å². The van der Waals surface area contributed by atoms with Gasteiger partial charge in [0.2, 0.25) is 15.9 Å². The van der Waals surface area contributed by atoms with Gasteiger partial charge < -0.3 is 9.80 Å². The molecule has 11 heteroatoms. The summed E-state index contributed by atoms with van der Waals surface area (Å²) >= 11 is 7.52. The van der Waals surface area contributed by atoms with Crippen LogP contribution in [-0.4, -0.2) is 55.9 Å². The second kappa shape index (κ2) is 10.2. The number of fused-ring (bicyclic) bond motifs is 1. The summed E-state index contributed by atoms with van der Waals surface area (Å²) in [4.78, 5) is 42.5. The molecule has 0 aliphatic carbocycles. The molecule has 3 amide bonds. The van der Waals surface area contributed by atoms with Gasteiger partial charge >= 0.3 is 0 Å². The van der Waals surface area contributed by atoms with Crippen molar-refractivity contribution < 1.29 is 22.8 Å². The highest BCUT2D eigenvalue weighted by Gasteiger charge is 2.51. The van der Waals surface area contributed by atoms with Crippen molar-refractivity contribution in [2.75, 3.05) is 24.2 Å². The van der Waals surface area contributed by atoms with E-state index in [0.717, 1.165) is 16.3 Å². The van der Waals surface area contributed by atoms with E-state index in [9.17, 15) is 22.8 Å². The number of nitrogens with zero attached hydrogens (tertiary/aromatic N) is 2. The predicted octanol–water partition coefficient (Wildman–Crippen LogP) is 4.05. The standard InChI is InChI=1S/C25H26ClN3O5S2/c1-25(13-15-29(25)23(31)20-16-35-21-7-4-3-6-19(20)21)24(32)28(18-11-9-17(26)10-12-18)14-5-8-22(30)27-36(2,33)34/h3-4,6-7,9-12,16H,5,8,13-15H2,1-2H3,(H,27,30). The molecule has 1 fully saturated rings. The fourth-order valence-electron chi connectivity index (χ4n) is 4.31. The van der Waals surface area contributed by atoms with E-state index in [2.05, 4.69) is 0 Å². The topological polar surface area (TPSA) is 104 Å². The fraction of sp³-hybridized carbons (Fsp3) is 0.320. The Kier molecular flexibility index (Phi) is 7.40. The van der Waals surface area contributed by atoms with Crippen LogP contribution in [0.25, 0.3) is 10.1 Å². The second-order valence-electron chi connectivity index (χ2n) is 8.96. The normalized spacial score (nSPS) is 17.5. The SMILES string of the molecule is CC1(C(=O)N(CCCC(=O)NS(C)(=O)=O)c2ccc(Cl)cc2)CCN1C(=O)c1csc2ccccc12. The van der Waals surface area contributed by atoms with E-state index < -0.39 is 21.5 Å². The number of amides is 3. The van der Waals surface area contributed by atoms with Gasteiger partial charge in [-0.1, -0.05) is 29.8 Å². The van der Waals surface area contributed by atoms with Gasteiger partial charge in [-0.15, -0.1) is 11.3 Å². The summed E-state index contributed by atoms with van der Waals surface area (Å²) in [5, 5.41) is 3.20. The molecule has 2 heterocycles. The van der Waals surface area contributed by atoms with Gasteiger partial charge in [-0.3, -0.25) is 19.1 Å². The Hall–Kier alpha value is -2.95. The van der Waals surface area contributed by atoms with Crippen LogP contribution in [0.3, 0.4) is 0 Å². The fourth-order valence-corrected chi connectivity index (χ4v) is 5.89. The molecule has 1 N–H and O–H groups in total. The molecule has 0 saturated carbocycles. The van der Waals surface area contributed by atoms with Gasteiger partial charge in [0.15, 0.2) is 0 Å². The Morgan fingerprint density at radius 2 is 1.83 bits per heavy atom. The predicted molar refractivity (Wildman–Crippen MR) is 142 cm³/mol. The number of carbonyl (C=O) groups is 3. The molecule has 190 valence electrons. The molecule has 1 aliphatic rings. The number of anilines is 1. The number of rotatable bonds is 8. The first-order valence-corrected chi connectivity index (χ1v) is 14.5. The minimum Gasteiger partial charge on any atom is -0.324 e. The van der Waals surface area contributed by atoms with Crippen molar-refractivity contribution in [3.8, 4) is 0 Å². The number of thiophene rings is 1. The Balaban J connectivity index is 1.55. The van der Waals surface area contributed by atoms with Gasteiger partial charge in [0.05, 0.1) is 11.8 Å². The zero-order valence-corrected chi connectivity index (χ0v) is 22.3. The minimum atomic E-state index is -3.66. The number of nitrogens with one attached hydrogen (secondary N) is 1. The summed E-state index contributed by atoms with van der Waals surface area (Å²) in [5.74, 6) is -1.11. The number of halogens is 1. The first kappa shape index (κ1) is 26.1.